The average molecular weight is 453 g/mol. The summed E-state index contributed by atoms with van der Waals surface area (Å²) in [7, 11) is 0. The Labute approximate surface area is 179 Å². The maximum Gasteiger partial charge on any atom is 0.310 e. The Morgan fingerprint density at radius 2 is 2.13 bits per heavy atom. The summed E-state index contributed by atoms with van der Waals surface area (Å²) >= 11 is 7.04. The van der Waals surface area contributed by atoms with Crippen molar-refractivity contribution in [2.75, 3.05) is 11.5 Å². The van der Waals surface area contributed by atoms with Crippen LogP contribution < -0.4 is 9.64 Å². The third-order valence-electron chi connectivity index (χ3n) is 4.47. The lowest BCUT2D eigenvalue weighted by molar-refractivity contribution is -0.147. The number of anilines is 1. The van der Waals surface area contributed by atoms with E-state index in [2.05, 4.69) is 4.98 Å². The molecule has 4 rings (SSSR count). The van der Waals surface area contributed by atoms with Crippen LogP contribution >= 0.6 is 22.9 Å². The second-order valence-corrected chi connectivity index (χ2v) is 7.99. The first-order chi connectivity index (χ1) is 14.4. The number of aromatic nitrogens is 1. The van der Waals surface area contributed by atoms with Crippen LogP contribution in [0.15, 0.2) is 30.3 Å². The second kappa shape index (κ2) is 8.16. The van der Waals surface area contributed by atoms with Crippen molar-refractivity contribution in [2.45, 2.75) is 26.0 Å². The number of amides is 1. The molecule has 156 valence electrons. The van der Waals surface area contributed by atoms with E-state index in [-0.39, 0.29) is 24.3 Å². The number of thiazole rings is 1. The number of carbonyl (C=O) groups is 2. The van der Waals surface area contributed by atoms with Crippen molar-refractivity contribution < 1.29 is 27.8 Å². The van der Waals surface area contributed by atoms with E-state index < -0.39 is 29.6 Å². The van der Waals surface area contributed by atoms with Gasteiger partial charge in [0.05, 0.1) is 35.5 Å². The van der Waals surface area contributed by atoms with Gasteiger partial charge < -0.3 is 9.47 Å². The summed E-state index contributed by atoms with van der Waals surface area (Å²) in [5, 5.41) is 0.780. The molecule has 0 spiro atoms. The van der Waals surface area contributed by atoms with Crippen LogP contribution in [0.5, 0.6) is 5.75 Å². The topological polar surface area (TPSA) is 68.7 Å². The molecule has 0 bridgehead atoms. The van der Waals surface area contributed by atoms with Gasteiger partial charge in [0.1, 0.15) is 10.8 Å². The number of rotatable bonds is 5. The Balaban J connectivity index is 1.69. The van der Waals surface area contributed by atoms with Crippen LogP contribution in [-0.2, 0) is 20.9 Å². The Morgan fingerprint density at radius 1 is 1.33 bits per heavy atom. The van der Waals surface area contributed by atoms with E-state index in [0.29, 0.717) is 27.0 Å². The summed E-state index contributed by atoms with van der Waals surface area (Å²) in [6.45, 7) is 1.83. The van der Waals surface area contributed by atoms with Crippen LogP contribution in [0.3, 0.4) is 0 Å². The third kappa shape index (κ3) is 3.82. The van der Waals surface area contributed by atoms with E-state index >= 15 is 0 Å². The van der Waals surface area contributed by atoms with Crippen LogP contribution in [0.4, 0.5) is 14.5 Å². The maximum absolute atomic E-state index is 14.1. The normalized spacial score (nSPS) is 15.8. The molecule has 30 heavy (non-hydrogen) atoms. The van der Waals surface area contributed by atoms with Crippen molar-refractivity contribution in [2.24, 2.45) is 0 Å². The number of nitrogens with zero attached hydrogens (tertiary/aromatic N) is 2. The fraction of sp³-hybridized carbons (Fsp3) is 0.250. The number of ether oxygens (including phenoxy) is 2. The van der Waals surface area contributed by atoms with Gasteiger partial charge in [-0.1, -0.05) is 11.6 Å². The van der Waals surface area contributed by atoms with Crippen molar-refractivity contribution in [3.8, 4) is 5.75 Å². The number of carbonyl (C=O) groups excluding carboxylic acids is 2. The predicted molar refractivity (Wildman–Crippen MR) is 108 cm³/mol. The molecule has 1 aliphatic heterocycles. The molecule has 6 nitrogen and oxygen atoms in total. The molecule has 0 aliphatic carbocycles. The fourth-order valence-corrected chi connectivity index (χ4v) is 4.29. The van der Waals surface area contributed by atoms with Crippen LogP contribution in [0.25, 0.3) is 10.2 Å². The van der Waals surface area contributed by atoms with Crippen molar-refractivity contribution >= 4 is 50.7 Å². The zero-order valence-electron chi connectivity index (χ0n) is 15.7. The van der Waals surface area contributed by atoms with E-state index in [4.69, 9.17) is 21.1 Å². The van der Waals surface area contributed by atoms with E-state index in [1.807, 2.05) is 0 Å². The SMILES string of the molecule is CCOC(=O)CC1Oc2ccc(Cl)cc2N(Cc2nc3ccc(F)c(F)c3s2)C1=O. The van der Waals surface area contributed by atoms with Crippen molar-refractivity contribution in [1.82, 2.24) is 4.98 Å². The highest BCUT2D eigenvalue weighted by Crippen LogP contribution is 2.38. The van der Waals surface area contributed by atoms with Gasteiger partial charge >= 0.3 is 5.97 Å². The Kier molecular flexibility index (Phi) is 5.57. The zero-order valence-corrected chi connectivity index (χ0v) is 17.2. The molecule has 0 fully saturated rings. The van der Waals surface area contributed by atoms with Gasteiger partial charge in [-0.3, -0.25) is 14.5 Å². The van der Waals surface area contributed by atoms with E-state index in [9.17, 15) is 18.4 Å². The number of hydrogen-bond acceptors (Lipinski definition) is 6. The van der Waals surface area contributed by atoms with E-state index in [0.717, 1.165) is 17.4 Å². The predicted octanol–water partition coefficient (Wildman–Crippen LogP) is 4.48. The Hall–Kier alpha value is -2.78. The molecule has 0 radical (unpaired) electrons. The summed E-state index contributed by atoms with van der Waals surface area (Å²) < 4.78 is 38.3. The highest BCUT2D eigenvalue weighted by molar-refractivity contribution is 7.18. The van der Waals surface area contributed by atoms with E-state index in [1.54, 1.807) is 25.1 Å². The van der Waals surface area contributed by atoms with Gasteiger partial charge in [-0.15, -0.1) is 11.3 Å². The molecule has 3 aromatic rings. The first kappa shape index (κ1) is 20.5. The highest BCUT2D eigenvalue weighted by Gasteiger charge is 2.37. The lowest BCUT2D eigenvalue weighted by atomic mass is 10.1. The Bertz CT molecular complexity index is 1150. The second-order valence-electron chi connectivity index (χ2n) is 6.47. The minimum absolute atomic E-state index is 0.0186. The number of hydrogen-bond donors (Lipinski definition) is 0. The van der Waals surface area contributed by atoms with Crippen molar-refractivity contribution in [3.63, 3.8) is 0 Å². The fourth-order valence-electron chi connectivity index (χ4n) is 3.15. The average Bonchev–Trinajstić information content (AvgIpc) is 3.12. The van der Waals surface area contributed by atoms with Crippen molar-refractivity contribution in [3.05, 3.63) is 52.0 Å². The molecule has 2 heterocycles. The smallest absolute Gasteiger partial charge is 0.310 e. The van der Waals surface area contributed by atoms with Crippen LogP contribution in [0.1, 0.15) is 18.4 Å². The van der Waals surface area contributed by atoms with Gasteiger partial charge in [-0.2, -0.15) is 0 Å². The summed E-state index contributed by atoms with van der Waals surface area (Å²) in [5.74, 6) is -2.62. The molecular weight excluding hydrogens is 438 g/mol. The molecule has 0 N–H and O–H groups in total. The molecule has 1 amide bonds. The van der Waals surface area contributed by atoms with Crippen LogP contribution in [0, 0.1) is 11.6 Å². The summed E-state index contributed by atoms with van der Waals surface area (Å²) in [5.41, 5.74) is 0.697. The van der Waals surface area contributed by atoms with Crippen LogP contribution in [0.2, 0.25) is 5.02 Å². The van der Waals surface area contributed by atoms with Gasteiger partial charge in [0.15, 0.2) is 17.7 Å². The molecule has 2 aromatic carbocycles. The van der Waals surface area contributed by atoms with Crippen molar-refractivity contribution in [1.29, 1.82) is 0 Å². The standard InChI is InChI=1S/C20H15ClF2N2O4S/c1-2-28-17(26)8-15-20(27)25(13-7-10(21)3-6-14(13)29-15)9-16-24-12-5-4-11(22)18(23)19(12)30-16/h3-7,15H,2,8-9H2,1H3. The first-order valence-corrected chi connectivity index (χ1v) is 10.2. The molecule has 1 atom stereocenters. The summed E-state index contributed by atoms with van der Waals surface area (Å²) in [6, 6.07) is 7.14. The van der Waals surface area contributed by atoms with Gasteiger partial charge in [-0.25, -0.2) is 13.8 Å². The van der Waals surface area contributed by atoms with Gasteiger partial charge in [-0.05, 0) is 37.3 Å². The van der Waals surface area contributed by atoms with Gasteiger partial charge in [0.2, 0.25) is 0 Å². The van der Waals surface area contributed by atoms with Crippen LogP contribution in [-0.4, -0.2) is 29.6 Å². The highest BCUT2D eigenvalue weighted by atomic mass is 35.5. The largest absolute Gasteiger partial charge is 0.478 e. The number of esters is 1. The first-order valence-electron chi connectivity index (χ1n) is 9.04. The molecule has 0 saturated heterocycles. The molecule has 0 saturated carbocycles. The third-order valence-corrected chi connectivity index (χ3v) is 5.75. The monoisotopic (exact) mass is 452 g/mol. The molecular formula is C20H15ClF2N2O4S. The summed E-state index contributed by atoms with van der Waals surface area (Å²) in [4.78, 5) is 30.6. The molecule has 10 heteroatoms. The number of benzene rings is 2. The minimum Gasteiger partial charge on any atom is -0.478 e. The summed E-state index contributed by atoms with van der Waals surface area (Å²) in [6.07, 6.45) is -1.34. The molecule has 1 unspecified atom stereocenters. The lowest BCUT2D eigenvalue weighted by Gasteiger charge is -2.33. The maximum atomic E-state index is 14.1. The molecule has 1 aliphatic rings. The molecule has 1 aromatic heterocycles. The number of halogens is 3. The quantitative estimate of drug-likeness (QED) is 0.534. The zero-order chi connectivity index (χ0) is 21.4. The van der Waals surface area contributed by atoms with Gasteiger partial charge in [0, 0.05) is 5.02 Å². The lowest BCUT2D eigenvalue weighted by Crippen LogP contribution is -2.46. The van der Waals surface area contributed by atoms with Gasteiger partial charge in [0.25, 0.3) is 5.91 Å². The van der Waals surface area contributed by atoms with E-state index in [1.165, 1.54) is 11.0 Å². The minimum atomic E-state index is -1.08. The Morgan fingerprint density at radius 3 is 2.90 bits per heavy atom. The number of fused-ring (bicyclic) bond motifs is 2.